The summed E-state index contributed by atoms with van der Waals surface area (Å²) in [7, 11) is 0. The largest absolute Gasteiger partial charge is 0.480 e. The van der Waals surface area contributed by atoms with Crippen LogP contribution in [0.3, 0.4) is 0 Å². The molecule has 7 nitrogen and oxygen atoms in total. The molecule has 0 spiro atoms. The predicted molar refractivity (Wildman–Crippen MR) is 80.3 cm³/mol. The first-order chi connectivity index (χ1) is 9.63. The van der Waals surface area contributed by atoms with E-state index in [-0.39, 0.29) is 0 Å². The van der Waals surface area contributed by atoms with E-state index in [1.165, 1.54) is 0 Å². The number of carbonyl (C=O) groups excluding carboxylic acids is 1. The van der Waals surface area contributed by atoms with Crippen molar-refractivity contribution in [2.24, 2.45) is 0 Å². The fraction of sp³-hybridized carbons (Fsp3) is 0.833. The second-order valence-corrected chi connectivity index (χ2v) is 5.65. The van der Waals surface area contributed by atoms with E-state index in [1.807, 2.05) is 6.26 Å². The maximum Gasteiger partial charge on any atom is 0.326 e. The second kappa shape index (κ2) is 9.84. The Bertz CT molecular complexity index is 311. The highest BCUT2D eigenvalue weighted by atomic mass is 32.2. The number of thioether (sulfide) groups is 1. The van der Waals surface area contributed by atoms with E-state index in [9.17, 15) is 9.59 Å². The van der Waals surface area contributed by atoms with Crippen molar-refractivity contribution in [3.63, 3.8) is 0 Å². The number of hydrogen-bond acceptors (Lipinski definition) is 5. The van der Waals surface area contributed by atoms with E-state index in [4.69, 9.17) is 5.11 Å². The lowest BCUT2D eigenvalue weighted by Gasteiger charge is -2.27. The van der Waals surface area contributed by atoms with Gasteiger partial charge in [-0.15, -0.1) is 0 Å². The highest BCUT2D eigenvalue weighted by Gasteiger charge is 2.19. The number of hydrogen-bond donors (Lipinski definition) is 4. The second-order valence-electron chi connectivity index (χ2n) is 4.66. The highest BCUT2D eigenvalue weighted by molar-refractivity contribution is 7.98. The van der Waals surface area contributed by atoms with Gasteiger partial charge in [0.2, 0.25) is 0 Å². The Labute approximate surface area is 123 Å². The number of urea groups is 1. The molecule has 0 radical (unpaired) electrons. The van der Waals surface area contributed by atoms with Crippen molar-refractivity contribution in [3.05, 3.63) is 0 Å². The van der Waals surface area contributed by atoms with Crippen LogP contribution in [-0.2, 0) is 4.79 Å². The molecule has 0 aliphatic carbocycles. The van der Waals surface area contributed by atoms with Crippen LogP contribution in [0.4, 0.5) is 4.79 Å². The summed E-state index contributed by atoms with van der Waals surface area (Å²) in [4.78, 5) is 24.9. The van der Waals surface area contributed by atoms with Gasteiger partial charge in [-0.2, -0.15) is 11.8 Å². The lowest BCUT2D eigenvalue weighted by molar-refractivity contribution is -0.139. The third-order valence-corrected chi connectivity index (χ3v) is 3.78. The van der Waals surface area contributed by atoms with Gasteiger partial charge in [-0.3, -0.25) is 4.90 Å². The molecule has 4 N–H and O–H groups in total. The van der Waals surface area contributed by atoms with Crippen molar-refractivity contribution < 1.29 is 14.7 Å². The van der Waals surface area contributed by atoms with Crippen LogP contribution in [-0.4, -0.2) is 79.3 Å². The Balaban J connectivity index is 2.18. The number of piperazine rings is 1. The summed E-state index contributed by atoms with van der Waals surface area (Å²) in [6.07, 6.45) is 2.34. The van der Waals surface area contributed by atoms with Gasteiger partial charge in [0, 0.05) is 39.3 Å². The maximum atomic E-state index is 11.6. The topological polar surface area (TPSA) is 93.7 Å². The fourth-order valence-corrected chi connectivity index (χ4v) is 2.44. The smallest absolute Gasteiger partial charge is 0.326 e. The summed E-state index contributed by atoms with van der Waals surface area (Å²) in [6.45, 7) is 5.23. The quantitative estimate of drug-likeness (QED) is 0.478. The molecule has 2 amide bonds. The number of nitrogens with one attached hydrogen (secondary N) is 3. The predicted octanol–water partition coefficient (Wildman–Crippen LogP) is -0.603. The number of amides is 2. The van der Waals surface area contributed by atoms with Gasteiger partial charge in [0.05, 0.1) is 0 Å². The lowest BCUT2D eigenvalue weighted by atomic mass is 10.2. The summed E-state index contributed by atoms with van der Waals surface area (Å²) in [6, 6.07) is -1.23. The van der Waals surface area contributed by atoms with Crippen molar-refractivity contribution in [2.75, 3.05) is 51.3 Å². The normalized spacial score (nSPS) is 17.4. The van der Waals surface area contributed by atoms with Gasteiger partial charge in [0.1, 0.15) is 6.04 Å². The van der Waals surface area contributed by atoms with Gasteiger partial charge in [0.15, 0.2) is 0 Å². The summed E-state index contributed by atoms with van der Waals surface area (Å²) < 4.78 is 0. The molecule has 1 aliphatic heterocycles. The summed E-state index contributed by atoms with van der Waals surface area (Å²) in [5, 5.41) is 17.5. The first-order valence-corrected chi connectivity index (χ1v) is 8.22. The van der Waals surface area contributed by atoms with E-state index in [1.54, 1.807) is 11.8 Å². The number of aliphatic carboxylic acids is 1. The third kappa shape index (κ3) is 6.97. The van der Waals surface area contributed by atoms with Crippen LogP contribution in [0, 0.1) is 0 Å². The number of rotatable bonds is 8. The molecule has 0 unspecified atom stereocenters. The van der Waals surface area contributed by atoms with Crippen molar-refractivity contribution in [1.29, 1.82) is 0 Å². The molecule has 1 heterocycles. The van der Waals surface area contributed by atoms with Crippen molar-refractivity contribution in [3.8, 4) is 0 Å². The molecule has 116 valence electrons. The summed E-state index contributed by atoms with van der Waals surface area (Å²) in [5.41, 5.74) is 0. The Morgan fingerprint density at radius 1 is 1.40 bits per heavy atom. The molecule has 1 aliphatic rings. The van der Waals surface area contributed by atoms with Crippen molar-refractivity contribution in [2.45, 2.75) is 12.5 Å². The van der Waals surface area contributed by atoms with Crippen LogP contribution >= 0.6 is 11.8 Å². The summed E-state index contributed by atoms with van der Waals surface area (Å²) >= 11 is 1.56. The van der Waals surface area contributed by atoms with Gasteiger partial charge in [-0.25, -0.2) is 9.59 Å². The molecule has 0 saturated carbocycles. The SMILES string of the molecule is CSCC[C@H](NC(=O)NCCN1CCNCC1)C(=O)O. The molecule has 0 aromatic carbocycles. The van der Waals surface area contributed by atoms with Crippen LogP contribution in [0.2, 0.25) is 0 Å². The minimum atomic E-state index is -0.990. The van der Waals surface area contributed by atoms with E-state index < -0.39 is 18.0 Å². The standard InChI is InChI=1S/C12H24N4O3S/c1-20-9-2-10(11(17)18)15-12(19)14-5-8-16-6-3-13-4-7-16/h10,13H,2-9H2,1H3,(H,17,18)(H2,14,15,19)/t10-/m0/s1. The molecule has 0 aromatic heterocycles. The third-order valence-electron chi connectivity index (χ3n) is 3.14. The fourth-order valence-electron chi connectivity index (χ4n) is 1.96. The number of carboxylic acid groups (broad SMARTS) is 1. The zero-order valence-electron chi connectivity index (χ0n) is 11.9. The Kier molecular flexibility index (Phi) is 8.40. The number of nitrogens with zero attached hydrogens (tertiary/aromatic N) is 1. The maximum absolute atomic E-state index is 11.6. The molecule has 8 heteroatoms. The molecule has 20 heavy (non-hydrogen) atoms. The number of carboxylic acids is 1. The van der Waals surface area contributed by atoms with E-state index >= 15 is 0 Å². The van der Waals surface area contributed by atoms with Crippen LogP contribution in [0.5, 0.6) is 0 Å². The van der Waals surface area contributed by atoms with Gasteiger partial charge in [-0.1, -0.05) is 0 Å². The van der Waals surface area contributed by atoms with Crippen LogP contribution in [0.1, 0.15) is 6.42 Å². The van der Waals surface area contributed by atoms with Gasteiger partial charge < -0.3 is 21.1 Å². The molecular weight excluding hydrogens is 280 g/mol. The van der Waals surface area contributed by atoms with Crippen LogP contribution in [0.15, 0.2) is 0 Å². The highest BCUT2D eigenvalue weighted by Crippen LogP contribution is 2.00. The molecule has 1 fully saturated rings. The molecule has 1 atom stereocenters. The van der Waals surface area contributed by atoms with Crippen LogP contribution < -0.4 is 16.0 Å². The van der Waals surface area contributed by atoms with Gasteiger partial charge in [-0.05, 0) is 18.4 Å². The first kappa shape index (κ1) is 17.1. The average molecular weight is 304 g/mol. The zero-order chi connectivity index (χ0) is 14.8. The molecule has 0 bridgehead atoms. The minimum absolute atomic E-state index is 0.409. The zero-order valence-corrected chi connectivity index (χ0v) is 12.7. The first-order valence-electron chi connectivity index (χ1n) is 6.82. The average Bonchev–Trinajstić information content (AvgIpc) is 2.44. The monoisotopic (exact) mass is 304 g/mol. The number of carbonyl (C=O) groups is 2. The summed E-state index contributed by atoms with van der Waals surface area (Å²) in [5.74, 6) is -0.283. The van der Waals surface area contributed by atoms with E-state index in [0.717, 1.165) is 32.7 Å². The molecular formula is C12H24N4O3S. The molecule has 1 saturated heterocycles. The Hall–Kier alpha value is -0.990. The van der Waals surface area contributed by atoms with E-state index in [2.05, 4.69) is 20.9 Å². The van der Waals surface area contributed by atoms with E-state index in [0.29, 0.717) is 18.7 Å². The van der Waals surface area contributed by atoms with Gasteiger partial charge in [0.25, 0.3) is 0 Å². The Morgan fingerprint density at radius 3 is 2.70 bits per heavy atom. The molecule has 0 aromatic rings. The van der Waals surface area contributed by atoms with Crippen molar-refractivity contribution >= 4 is 23.8 Å². The van der Waals surface area contributed by atoms with Crippen LogP contribution in [0.25, 0.3) is 0 Å². The van der Waals surface area contributed by atoms with Gasteiger partial charge >= 0.3 is 12.0 Å². The Morgan fingerprint density at radius 2 is 2.10 bits per heavy atom. The minimum Gasteiger partial charge on any atom is -0.480 e. The lowest BCUT2D eigenvalue weighted by Crippen LogP contribution is -2.49. The molecule has 1 rings (SSSR count). The van der Waals surface area contributed by atoms with Crippen molar-refractivity contribution in [1.82, 2.24) is 20.9 Å².